The van der Waals surface area contributed by atoms with Crippen molar-refractivity contribution in [3.63, 3.8) is 0 Å². The molecule has 0 bridgehead atoms. The summed E-state index contributed by atoms with van der Waals surface area (Å²) in [7, 11) is 2.03. The van der Waals surface area contributed by atoms with Gasteiger partial charge in [0.25, 0.3) is 0 Å². The minimum absolute atomic E-state index is 0.571. The number of aromatic nitrogens is 1. The van der Waals surface area contributed by atoms with Gasteiger partial charge in [0.15, 0.2) is 0 Å². The number of hydrogen-bond donors (Lipinski definition) is 2. The molecule has 3 aromatic carbocycles. The van der Waals surface area contributed by atoms with Crippen molar-refractivity contribution in [3.8, 4) is 17.2 Å². The Kier molecular flexibility index (Phi) is 5.45. The fourth-order valence-electron chi connectivity index (χ4n) is 4.31. The van der Waals surface area contributed by atoms with Gasteiger partial charge in [0.2, 0.25) is 0 Å². The predicted molar refractivity (Wildman–Crippen MR) is 131 cm³/mol. The largest absolute Gasteiger partial charge is 0.370 e. The van der Waals surface area contributed by atoms with Crippen LogP contribution in [0.15, 0.2) is 79.0 Å². The molecule has 2 N–H and O–H groups in total. The van der Waals surface area contributed by atoms with Crippen molar-refractivity contribution >= 4 is 28.0 Å². The number of nitrogens with one attached hydrogen (secondary N) is 2. The van der Waals surface area contributed by atoms with E-state index in [9.17, 15) is 0 Å². The van der Waals surface area contributed by atoms with E-state index in [0.29, 0.717) is 11.6 Å². The maximum absolute atomic E-state index is 9.05. The molecule has 1 atom stereocenters. The Bertz CT molecular complexity index is 1270. The van der Waals surface area contributed by atoms with Gasteiger partial charge >= 0.3 is 0 Å². The Morgan fingerprint density at radius 1 is 0.969 bits per heavy atom. The highest BCUT2D eigenvalue weighted by Gasteiger charge is 2.20. The fourth-order valence-corrected chi connectivity index (χ4v) is 4.31. The molecule has 1 saturated heterocycles. The second-order valence-corrected chi connectivity index (χ2v) is 8.17. The van der Waals surface area contributed by atoms with E-state index in [-0.39, 0.29) is 0 Å². The third-order valence-electron chi connectivity index (χ3n) is 6.20. The van der Waals surface area contributed by atoms with E-state index in [1.807, 2.05) is 49.6 Å². The van der Waals surface area contributed by atoms with E-state index in [1.165, 1.54) is 12.1 Å². The van der Waals surface area contributed by atoms with Gasteiger partial charge in [-0.2, -0.15) is 5.26 Å². The molecule has 32 heavy (non-hydrogen) atoms. The number of nitriles is 1. The van der Waals surface area contributed by atoms with Gasteiger partial charge in [-0.05, 0) is 79.2 Å². The van der Waals surface area contributed by atoms with Crippen molar-refractivity contribution in [2.24, 2.45) is 0 Å². The number of rotatable bonds is 5. The summed E-state index contributed by atoms with van der Waals surface area (Å²) >= 11 is 0. The third kappa shape index (κ3) is 4.01. The van der Waals surface area contributed by atoms with Gasteiger partial charge in [0.1, 0.15) is 0 Å². The number of pyridine rings is 1. The van der Waals surface area contributed by atoms with Crippen LogP contribution in [0.2, 0.25) is 0 Å². The maximum atomic E-state index is 9.05. The Hall–Kier alpha value is -3.88. The van der Waals surface area contributed by atoms with Gasteiger partial charge in [0.05, 0.1) is 17.1 Å². The van der Waals surface area contributed by atoms with Crippen LogP contribution >= 0.6 is 0 Å². The molecule has 4 aromatic rings. The first-order valence-electron chi connectivity index (χ1n) is 10.9. The van der Waals surface area contributed by atoms with Crippen LogP contribution in [0.25, 0.3) is 22.0 Å². The molecule has 1 aliphatic rings. The normalized spacial score (nSPS) is 15.6. The lowest BCUT2D eigenvalue weighted by Crippen LogP contribution is -2.29. The number of hydrogen-bond acceptors (Lipinski definition) is 5. The number of benzene rings is 3. The Labute approximate surface area is 188 Å². The van der Waals surface area contributed by atoms with Crippen LogP contribution in [-0.2, 0) is 0 Å². The highest BCUT2D eigenvalue weighted by molar-refractivity contribution is 5.95. The number of fused-ring (bicyclic) bond motifs is 1. The zero-order chi connectivity index (χ0) is 21.9. The minimum Gasteiger partial charge on any atom is -0.370 e. The monoisotopic (exact) mass is 419 g/mol. The lowest BCUT2D eigenvalue weighted by atomic mass is 10.0. The fraction of sp³-hybridized carbons (Fsp3) is 0.185. The molecule has 0 spiro atoms. The zero-order valence-corrected chi connectivity index (χ0v) is 18.0. The Morgan fingerprint density at radius 3 is 2.47 bits per heavy atom. The van der Waals surface area contributed by atoms with Gasteiger partial charge in [0, 0.05) is 47.8 Å². The van der Waals surface area contributed by atoms with Crippen LogP contribution in [-0.4, -0.2) is 31.2 Å². The van der Waals surface area contributed by atoms with Crippen LogP contribution in [0.3, 0.4) is 0 Å². The molecule has 0 amide bonds. The molecule has 158 valence electrons. The lowest BCUT2D eigenvalue weighted by molar-refractivity contribution is 0.617. The maximum Gasteiger partial charge on any atom is 0.0991 e. The highest BCUT2D eigenvalue weighted by Crippen LogP contribution is 2.31. The van der Waals surface area contributed by atoms with E-state index >= 15 is 0 Å². The lowest BCUT2D eigenvalue weighted by Gasteiger charge is -2.19. The molecule has 1 unspecified atom stereocenters. The average molecular weight is 420 g/mol. The van der Waals surface area contributed by atoms with Crippen molar-refractivity contribution in [1.82, 2.24) is 10.3 Å². The number of nitrogens with zero attached hydrogens (tertiary/aromatic N) is 3. The topological polar surface area (TPSA) is 64.0 Å². The smallest absolute Gasteiger partial charge is 0.0991 e. The summed E-state index contributed by atoms with van der Waals surface area (Å²) in [5.74, 6) is 0. The molecule has 0 radical (unpaired) electrons. The standard InChI is InChI=1S/C27H25N5/c1-29-23-13-15-32(18-23)24-9-7-22(8-10-24)31-27-12-14-30-26-11-6-21(16-25(26)27)20-4-2-19(17-28)3-5-20/h2-12,14,16,23,29H,13,15,18H2,1H3,(H,30,31). The van der Waals surface area contributed by atoms with Crippen LogP contribution in [0.1, 0.15) is 12.0 Å². The summed E-state index contributed by atoms with van der Waals surface area (Å²) in [5.41, 5.74) is 7.12. The third-order valence-corrected chi connectivity index (χ3v) is 6.20. The van der Waals surface area contributed by atoms with Crippen LogP contribution < -0.4 is 15.5 Å². The first-order valence-corrected chi connectivity index (χ1v) is 10.9. The summed E-state index contributed by atoms with van der Waals surface area (Å²) in [6.45, 7) is 2.14. The molecular formula is C27H25N5. The summed E-state index contributed by atoms with van der Waals surface area (Å²) < 4.78 is 0. The summed E-state index contributed by atoms with van der Waals surface area (Å²) in [6.07, 6.45) is 3.02. The van der Waals surface area contributed by atoms with E-state index in [2.05, 4.69) is 63.0 Å². The quantitative estimate of drug-likeness (QED) is 0.459. The average Bonchev–Trinajstić information content (AvgIpc) is 3.34. The van der Waals surface area contributed by atoms with E-state index in [0.717, 1.165) is 46.5 Å². The van der Waals surface area contributed by atoms with Gasteiger partial charge in [-0.1, -0.05) is 18.2 Å². The Balaban J connectivity index is 1.40. The zero-order valence-electron chi connectivity index (χ0n) is 18.0. The molecule has 2 heterocycles. The van der Waals surface area contributed by atoms with Crippen LogP contribution in [0.4, 0.5) is 17.1 Å². The van der Waals surface area contributed by atoms with Gasteiger partial charge in [-0.25, -0.2) is 0 Å². The van der Waals surface area contributed by atoms with Crippen LogP contribution in [0.5, 0.6) is 0 Å². The van der Waals surface area contributed by atoms with Crippen molar-refractivity contribution in [2.75, 3.05) is 30.4 Å². The van der Waals surface area contributed by atoms with Crippen molar-refractivity contribution in [3.05, 3.63) is 84.6 Å². The summed E-state index contributed by atoms with van der Waals surface area (Å²) in [4.78, 5) is 6.96. The molecule has 1 aromatic heterocycles. The molecule has 1 aliphatic heterocycles. The molecule has 5 nitrogen and oxygen atoms in total. The molecule has 5 rings (SSSR count). The highest BCUT2D eigenvalue weighted by atomic mass is 15.2. The predicted octanol–water partition coefficient (Wildman–Crippen LogP) is 5.32. The summed E-state index contributed by atoms with van der Waals surface area (Å²) in [6, 6.07) is 27.3. The van der Waals surface area contributed by atoms with E-state index in [1.54, 1.807) is 0 Å². The SMILES string of the molecule is CNC1CCN(c2ccc(Nc3ccnc4ccc(-c5ccc(C#N)cc5)cc34)cc2)C1. The number of likely N-dealkylation sites (N-methyl/N-ethyl adjacent to an activating group) is 1. The second-order valence-electron chi connectivity index (χ2n) is 8.17. The first kappa shape index (κ1) is 20.0. The molecule has 1 fully saturated rings. The van der Waals surface area contributed by atoms with Crippen molar-refractivity contribution in [2.45, 2.75) is 12.5 Å². The van der Waals surface area contributed by atoms with Crippen LogP contribution in [0, 0.1) is 11.3 Å². The summed E-state index contributed by atoms with van der Waals surface area (Å²) in [5, 5.41) is 17.1. The van der Waals surface area contributed by atoms with Gasteiger partial charge in [-0.15, -0.1) is 0 Å². The molecule has 0 aliphatic carbocycles. The van der Waals surface area contributed by atoms with E-state index < -0.39 is 0 Å². The Morgan fingerprint density at radius 2 is 1.75 bits per heavy atom. The molecular weight excluding hydrogens is 394 g/mol. The van der Waals surface area contributed by atoms with E-state index in [4.69, 9.17) is 5.26 Å². The van der Waals surface area contributed by atoms with Crippen molar-refractivity contribution in [1.29, 1.82) is 5.26 Å². The second kappa shape index (κ2) is 8.70. The van der Waals surface area contributed by atoms with Crippen molar-refractivity contribution < 1.29 is 0 Å². The first-order chi connectivity index (χ1) is 15.7. The minimum atomic E-state index is 0.571. The van der Waals surface area contributed by atoms with Gasteiger partial charge in [-0.3, -0.25) is 4.98 Å². The van der Waals surface area contributed by atoms with Gasteiger partial charge < -0.3 is 15.5 Å². The number of anilines is 3. The molecule has 0 saturated carbocycles. The molecule has 5 heteroatoms.